The van der Waals surface area contributed by atoms with E-state index in [0.717, 1.165) is 17.5 Å². The van der Waals surface area contributed by atoms with E-state index in [0.29, 0.717) is 16.7 Å². The van der Waals surface area contributed by atoms with Crippen LogP contribution < -0.4 is 0 Å². The minimum atomic E-state index is -2.36. The fourth-order valence-corrected chi connectivity index (χ4v) is 3.48. The molecule has 2 aromatic rings. The van der Waals surface area contributed by atoms with E-state index in [1.165, 1.54) is 50.5 Å². The molecule has 0 radical (unpaired) electrons. The largest absolute Gasteiger partial charge is 0.288 e. The summed E-state index contributed by atoms with van der Waals surface area (Å²) in [4.78, 5) is 0.606. The van der Waals surface area contributed by atoms with Gasteiger partial charge < -0.3 is 0 Å². The molecule has 0 saturated heterocycles. The van der Waals surface area contributed by atoms with Gasteiger partial charge in [0, 0.05) is 4.90 Å². The van der Waals surface area contributed by atoms with E-state index in [4.69, 9.17) is 0 Å². The van der Waals surface area contributed by atoms with E-state index < -0.39 is 5.76 Å². The number of aryl methyl sites for hydroxylation is 1. The molecule has 0 heterocycles. The van der Waals surface area contributed by atoms with E-state index >= 15 is 0 Å². The van der Waals surface area contributed by atoms with E-state index in [1.807, 2.05) is 12.1 Å². The Balaban J connectivity index is 1.77. The van der Waals surface area contributed by atoms with Crippen molar-refractivity contribution in [3.63, 3.8) is 0 Å². The third-order valence-electron chi connectivity index (χ3n) is 4.44. The van der Waals surface area contributed by atoms with Crippen LogP contribution in [0, 0.1) is 0 Å². The van der Waals surface area contributed by atoms with Crippen molar-refractivity contribution >= 4 is 11.8 Å². The van der Waals surface area contributed by atoms with Crippen LogP contribution in [0.2, 0.25) is 0 Å². The molecule has 0 aliphatic heterocycles. The number of halogens is 2. The Bertz CT molecular complexity index is 590. The van der Waals surface area contributed by atoms with E-state index in [9.17, 15) is 8.78 Å². The quantitative estimate of drug-likeness (QED) is 0.288. The first-order valence-electron chi connectivity index (χ1n) is 9.33. The average Bonchev–Trinajstić information content (AvgIpc) is 2.62. The van der Waals surface area contributed by atoms with E-state index in [2.05, 4.69) is 31.2 Å². The lowest BCUT2D eigenvalue weighted by Crippen LogP contribution is -1.87. The van der Waals surface area contributed by atoms with Crippen LogP contribution in [-0.4, -0.2) is 5.76 Å². The second-order valence-electron chi connectivity index (χ2n) is 6.47. The fourth-order valence-electron chi connectivity index (χ4n) is 2.98. The Morgan fingerprint density at radius 2 is 1.24 bits per heavy atom. The molecule has 0 atom stereocenters. The first-order valence-corrected chi connectivity index (χ1v) is 10.2. The highest BCUT2D eigenvalue weighted by Crippen LogP contribution is 2.28. The highest BCUT2D eigenvalue weighted by atomic mass is 32.2. The van der Waals surface area contributed by atoms with Crippen molar-refractivity contribution in [1.82, 2.24) is 0 Å². The van der Waals surface area contributed by atoms with E-state index in [-0.39, 0.29) is 0 Å². The van der Waals surface area contributed by atoms with Crippen molar-refractivity contribution in [3.05, 3.63) is 54.1 Å². The third-order valence-corrected chi connectivity index (χ3v) is 5.16. The summed E-state index contributed by atoms with van der Waals surface area (Å²) in [6, 6.07) is 16.0. The maximum absolute atomic E-state index is 12.4. The lowest BCUT2D eigenvalue weighted by molar-refractivity contribution is 0.252. The van der Waals surface area contributed by atoms with Gasteiger partial charge in [0.05, 0.1) is 0 Å². The summed E-state index contributed by atoms with van der Waals surface area (Å²) >= 11 is 0.589. The molecule has 0 fully saturated rings. The Labute approximate surface area is 155 Å². The van der Waals surface area contributed by atoms with Crippen LogP contribution in [-0.2, 0) is 6.42 Å². The minimum absolute atomic E-state index is 0.589. The molecule has 0 saturated carbocycles. The highest BCUT2D eigenvalue weighted by molar-refractivity contribution is 7.99. The van der Waals surface area contributed by atoms with Gasteiger partial charge in [-0.2, -0.15) is 8.78 Å². The zero-order valence-electron chi connectivity index (χ0n) is 15.0. The van der Waals surface area contributed by atoms with Crippen LogP contribution >= 0.6 is 11.8 Å². The SMILES string of the molecule is CCCCCCCCCc1ccc(-c2ccc(SC(F)F)cc2)cc1. The van der Waals surface area contributed by atoms with Gasteiger partial charge in [-0.3, -0.25) is 0 Å². The molecular formula is C22H28F2S. The highest BCUT2D eigenvalue weighted by Gasteiger charge is 2.05. The summed E-state index contributed by atoms with van der Waals surface area (Å²) in [5.74, 6) is -2.36. The molecule has 2 rings (SSSR count). The molecule has 0 amide bonds. The molecule has 0 N–H and O–H groups in total. The van der Waals surface area contributed by atoms with E-state index in [1.54, 1.807) is 12.1 Å². The number of unbranched alkanes of at least 4 members (excludes halogenated alkanes) is 6. The van der Waals surface area contributed by atoms with Crippen molar-refractivity contribution in [2.24, 2.45) is 0 Å². The lowest BCUT2D eigenvalue weighted by Gasteiger charge is -2.06. The second-order valence-corrected chi connectivity index (χ2v) is 7.53. The molecule has 0 nitrogen and oxygen atoms in total. The van der Waals surface area contributed by atoms with Crippen molar-refractivity contribution in [3.8, 4) is 11.1 Å². The number of thioether (sulfide) groups is 1. The van der Waals surface area contributed by atoms with Crippen molar-refractivity contribution in [1.29, 1.82) is 0 Å². The molecule has 0 aliphatic carbocycles. The van der Waals surface area contributed by atoms with Gasteiger partial charge in [0.25, 0.3) is 5.76 Å². The monoisotopic (exact) mass is 362 g/mol. The molecule has 2 aromatic carbocycles. The topological polar surface area (TPSA) is 0 Å². The average molecular weight is 363 g/mol. The van der Waals surface area contributed by atoms with Gasteiger partial charge in [-0.05, 0) is 41.7 Å². The zero-order valence-corrected chi connectivity index (χ0v) is 15.8. The third kappa shape index (κ3) is 7.60. The molecular weight excluding hydrogens is 334 g/mol. The smallest absolute Gasteiger partial charge is 0.198 e. The second kappa shape index (κ2) is 11.3. The van der Waals surface area contributed by atoms with Crippen LogP contribution in [0.5, 0.6) is 0 Å². The molecule has 0 spiro atoms. The summed E-state index contributed by atoms with van der Waals surface area (Å²) in [7, 11) is 0. The minimum Gasteiger partial charge on any atom is -0.198 e. The predicted octanol–water partition coefficient (Wildman–Crippen LogP) is 7.96. The molecule has 25 heavy (non-hydrogen) atoms. The summed E-state index contributed by atoms with van der Waals surface area (Å²) in [6.45, 7) is 2.25. The van der Waals surface area contributed by atoms with Crippen LogP contribution in [0.15, 0.2) is 53.4 Å². The predicted molar refractivity (Wildman–Crippen MR) is 105 cm³/mol. The van der Waals surface area contributed by atoms with Gasteiger partial charge >= 0.3 is 0 Å². The number of hydrogen-bond donors (Lipinski definition) is 0. The van der Waals surface area contributed by atoms with Gasteiger partial charge in [0.15, 0.2) is 0 Å². The summed E-state index contributed by atoms with van der Waals surface area (Å²) in [5, 5.41) is 0. The number of alkyl halides is 2. The lowest BCUT2D eigenvalue weighted by atomic mass is 10.0. The maximum Gasteiger partial charge on any atom is 0.288 e. The molecule has 3 heteroatoms. The van der Waals surface area contributed by atoms with Crippen molar-refractivity contribution in [2.75, 3.05) is 0 Å². The number of hydrogen-bond acceptors (Lipinski definition) is 1. The van der Waals surface area contributed by atoms with Gasteiger partial charge in [0.1, 0.15) is 0 Å². The fraction of sp³-hybridized carbons (Fsp3) is 0.455. The van der Waals surface area contributed by atoms with Gasteiger partial charge in [-0.25, -0.2) is 0 Å². The van der Waals surface area contributed by atoms with Crippen LogP contribution in [0.3, 0.4) is 0 Å². The summed E-state index contributed by atoms with van der Waals surface area (Å²) in [5.41, 5.74) is 3.58. The summed E-state index contributed by atoms with van der Waals surface area (Å²) in [6.07, 6.45) is 10.5. The normalized spacial score (nSPS) is 11.2. The van der Waals surface area contributed by atoms with Gasteiger partial charge in [-0.1, -0.05) is 93.6 Å². The van der Waals surface area contributed by atoms with Gasteiger partial charge in [-0.15, -0.1) is 0 Å². The standard InChI is InChI=1S/C22H28F2S/c1-2-3-4-5-6-7-8-9-18-10-12-19(13-11-18)20-14-16-21(17-15-20)25-22(23)24/h10-17,22H,2-9H2,1H3. The zero-order chi connectivity index (χ0) is 17.9. The first-order chi connectivity index (χ1) is 12.2. The molecule has 136 valence electrons. The number of benzene rings is 2. The molecule has 0 aliphatic rings. The molecule has 0 unspecified atom stereocenters. The Morgan fingerprint density at radius 1 is 0.720 bits per heavy atom. The van der Waals surface area contributed by atoms with Gasteiger partial charge in [0.2, 0.25) is 0 Å². The Hall–Kier alpha value is -1.35. The maximum atomic E-state index is 12.4. The Morgan fingerprint density at radius 3 is 1.80 bits per heavy atom. The van der Waals surface area contributed by atoms with Crippen molar-refractivity contribution in [2.45, 2.75) is 68.9 Å². The first kappa shape index (κ1) is 20.0. The van der Waals surface area contributed by atoms with Crippen molar-refractivity contribution < 1.29 is 8.78 Å². The molecule has 0 bridgehead atoms. The van der Waals surface area contributed by atoms with Crippen LogP contribution in [0.25, 0.3) is 11.1 Å². The Kier molecular flexibility index (Phi) is 9.03. The van der Waals surface area contributed by atoms with Crippen LogP contribution in [0.4, 0.5) is 8.78 Å². The summed E-state index contributed by atoms with van der Waals surface area (Å²) < 4.78 is 24.7. The van der Waals surface area contributed by atoms with Crippen LogP contribution in [0.1, 0.15) is 57.4 Å². The number of rotatable bonds is 11. The molecule has 0 aromatic heterocycles.